The average Bonchev–Trinajstić information content (AvgIpc) is 2.83. The molecule has 1 N–H and O–H groups in total. The van der Waals surface area contributed by atoms with Crippen LogP contribution < -0.4 is 10.1 Å². The molecule has 2 aliphatic heterocycles. The molecule has 2 fully saturated rings. The van der Waals surface area contributed by atoms with Crippen molar-refractivity contribution in [2.75, 3.05) is 33.9 Å². The number of piperidine rings is 1. The third-order valence-electron chi connectivity index (χ3n) is 6.79. The zero-order valence-corrected chi connectivity index (χ0v) is 18.6. The third-order valence-corrected chi connectivity index (χ3v) is 6.79. The number of likely N-dealkylation sites (tertiary alicyclic amines) is 1. The second-order valence-electron chi connectivity index (χ2n) is 8.80. The summed E-state index contributed by atoms with van der Waals surface area (Å²) in [5.41, 5.74) is 2.38. The van der Waals surface area contributed by atoms with Crippen molar-refractivity contribution in [3.05, 3.63) is 65.7 Å². The molecule has 0 spiro atoms. The summed E-state index contributed by atoms with van der Waals surface area (Å²) in [6.45, 7) is 2.49. The van der Waals surface area contributed by atoms with Crippen LogP contribution in [-0.4, -0.2) is 44.7 Å². The number of amides is 1. The number of carbonyl (C=O) groups excluding carboxylic acids is 1. The summed E-state index contributed by atoms with van der Waals surface area (Å²) in [5.74, 6) is 1.25. The van der Waals surface area contributed by atoms with E-state index in [0.29, 0.717) is 18.5 Å². The van der Waals surface area contributed by atoms with Crippen LogP contribution in [0.4, 0.5) is 0 Å². The van der Waals surface area contributed by atoms with Crippen molar-refractivity contribution in [3.63, 3.8) is 0 Å². The summed E-state index contributed by atoms with van der Waals surface area (Å²) in [6.07, 6.45) is 3.93. The Morgan fingerprint density at radius 1 is 1.06 bits per heavy atom. The molecule has 4 rings (SSSR count). The van der Waals surface area contributed by atoms with Gasteiger partial charge in [-0.3, -0.25) is 9.69 Å². The molecule has 2 aromatic rings. The predicted octanol–water partition coefficient (Wildman–Crippen LogP) is 4.36. The number of rotatable bonds is 6. The second-order valence-corrected chi connectivity index (χ2v) is 8.80. The average molecular weight is 423 g/mol. The van der Waals surface area contributed by atoms with Crippen LogP contribution in [0, 0.1) is 11.8 Å². The number of carbonyl (C=O) groups is 1. The molecule has 31 heavy (non-hydrogen) atoms. The molecule has 166 valence electrons. The highest BCUT2D eigenvalue weighted by Crippen LogP contribution is 2.36. The molecule has 0 aliphatic carbocycles. The van der Waals surface area contributed by atoms with Crippen LogP contribution in [0.2, 0.25) is 0 Å². The largest absolute Gasteiger partial charge is 0.497 e. The molecule has 5 heteroatoms. The van der Waals surface area contributed by atoms with Gasteiger partial charge in [-0.15, -0.1) is 0 Å². The Hall–Kier alpha value is -2.37. The van der Waals surface area contributed by atoms with E-state index in [2.05, 4.69) is 41.5 Å². The number of hydrogen-bond donors (Lipinski definition) is 1. The van der Waals surface area contributed by atoms with Gasteiger partial charge in [-0.05, 0) is 68.5 Å². The van der Waals surface area contributed by atoms with Gasteiger partial charge >= 0.3 is 0 Å². The molecule has 4 atom stereocenters. The van der Waals surface area contributed by atoms with Gasteiger partial charge in [0.2, 0.25) is 5.91 Å². The molecule has 0 bridgehead atoms. The Kier molecular flexibility index (Phi) is 7.25. The SMILES string of the molecule is COc1ccc(C2C(CNC(=O)C3CCCOC3c3ccccc3)CCCN2C)cc1. The Morgan fingerprint density at radius 2 is 1.84 bits per heavy atom. The van der Waals surface area contributed by atoms with Crippen LogP contribution in [0.3, 0.4) is 0 Å². The highest BCUT2D eigenvalue weighted by molar-refractivity contribution is 5.79. The molecule has 0 saturated carbocycles. The van der Waals surface area contributed by atoms with Crippen LogP contribution >= 0.6 is 0 Å². The number of nitrogens with zero attached hydrogens (tertiary/aromatic N) is 1. The number of ether oxygens (including phenoxy) is 2. The first-order valence-electron chi connectivity index (χ1n) is 11.5. The standard InChI is InChI=1S/C26H34N2O3/c1-28-16-6-10-21(24(28)19-12-14-22(30-2)15-13-19)18-27-26(29)23-11-7-17-31-25(23)20-8-4-3-5-9-20/h3-5,8-9,12-15,21,23-25H,6-7,10-11,16-18H2,1-2H3,(H,27,29). The van der Waals surface area contributed by atoms with Crippen molar-refractivity contribution in [2.24, 2.45) is 11.8 Å². The maximum atomic E-state index is 13.2. The van der Waals surface area contributed by atoms with Gasteiger partial charge in [-0.2, -0.15) is 0 Å². The van der Waals surface area contributed by atoms with Crippen molar-refractivity contribution < 1.29 is 14.3 Å². The number of nitrogens with one attached hydrogen (secondary N) is 1. The van der Waals surface area contributed by atoms with Gasteiger partial charge in [0, 0.05) is 19.2 Å². The van der Waals surface area contributed by atoms with Crippen molar-refractivity contribution in [3.8, 4) is 5.75 Å². The maximum absolute atomic E-state index is 13.2. The fourth-order valence-corrected chi connectivity index (χ4v) is 5.18. The zero-order valence-electron chi connectivity index (χ0n) is 18.6. The lowest BCUT2D eigenvalue weighted by molar-refractivity contribution is -0.135. The van der Waals surface area contributed by atoms with E-state index in [0.717, 1.165) is 50.1 Å². The first kappa shape index (κ1) is 21.8. The zero-order chi connectivity index (χ0) is 21.6. The van der Waals surface area contributed by atoms with Gasteiger partial charge in [0.1, 0.15) is 5.75 Å². The van der Waals surface area contributed by atoms with Gasteiger partial charge in [-0.1, -0.05) is 42.5 Å². The fourth-order valence-electron chi connectivity index (χ4n) is 5.18. The van der Waals surface area contributed by atoms with Gasteiger partial charge in [0.25, 0.3) is 0 Å². The van der Waals surface area contributed by atoms with E-state index in [1.807, 2.05) is 30.3 Å². The summed E-state index contributed by atoms with van der Waals surface area (Å²) in [4.78, 5) is 15.6. The molecule has 5 nitrogen and oxygen atoms in total. The van der Waals surface area contributed by atoms with E-state index >= 15 is 0 Å². The molecule has 2 heterocycles. The highest BCUT2D eigenvalue weighted by Gasteiger charge is 2.35. The molecular weight excluding hydrogens is 388 g/mol. The monoisotopic (exact) mass is 422 g/mol. The van der Waals surface area contributed by atoms with E-state index < -0.39 is 0 Å². The Morgan fingerprint density at radius 3 is 2.58 bits per heavy atom. The smallest absolute Gasteiger partial charge is 0.226 e. The van der Waals surface area contributed by atoms with Gasteiger partial charge in [0.15, 0.2) is 0 Å². The van der Waals surface area contributed by atoms with Crippen molar-refractivity contribution in [1.29, 1.82) is 0 Å². The van der Waals surface area contributed by atoms with Gasteiger partial charge in [-0.25, -0.2) is 0 Å². The van der Waals surface area contributed by atoms with Crippen molar-refractivity contribution in [1.82, 2.24) is 10.2 Å². The normalized spacial score (nSPS) is 26.9. The topological polar surface area (TPSA) is 50.8 Å². The lowest BCUT2D eigenvalue weighted by Gasteiger charge is -2.40. The van der Waals surface area contributed by atoms with Crippen LogP contribution in [0.5, 0.6) is 5.75 Å². The van der Waals surface area contributed by atoms with Gasteiger partial charge < -0.3 is 14.8 Å². The summed E-state index contributed by atoms with van der Waals surface area (Å²) < 4.78 is 11.4. The number of benzene rings is 2. The first-order chi connectivity index (χ1) is 15.2. The van der Waals surface area contributed by atoms with Gasteiger partial charge in [0.05, 0.1) is 19.1 Å². The molecular formula is C26H34N2O3. The summed E-state index contributed by atoms with van der Waals surface area (Å²) in [5, 5.41) is 3.29. The Labute approximate surface area is 185 Å². The predicted molar refractivity (Wildman–Crippen MR) is 122 cm³/mol. The van der Waals surface area contributed by atoms with Crippen LogP contribution in [-0.2, 0) is 9.53 Å². The number of hydrogen-bond acceptors (Lipinski definition) is 4. The summed E-state index contributed by atoms with van der Waals surface area (Å²) in [6, 6.07) is 18.8. The second kappa shape index (κ2) is 10.3. The minimum atomic E-state index is -0.152. The molecule has 0 radical (unpaired) electrons. The van der Waals surface area contributed by atoms with Crippen LogP contribution in [0.15, 0.2) is 54.6 Å². The Bertz CT molecular complexity index is 839. The Balaban J connectivity index is 1.43. The van der Waals surface area contributed by atoms with E-state index in [4.69, 9.17) is 9.47 Å². The minimum absolute atomic E-state index is 0.121. The van der Waals surface area contributed by atoms with Crippen molar-refractivity contribution in [2.45, 2.75) is 37.8 Å². The minimum Gasteiger partial charge on any atom is -0.497 e. The van der Waals surface area contributed by atoms with Crippen LogP contribution in [0.1, 0.15) is 49.0 Å². The third kappa shape index (κ3) is 5.10. The van der Waals surface area contributed by atoms with Crippen molar-refractivity contribution >= 4 is 5.91 Å². The number of methoxy groups -OCH3 is 1. The summed E-state index contributed by atoms with van der Waals surface area (Å²) >= 11 is 0. The highest BCUT2D eigenvalue weighted by atomic mass is 16.5. The van der Waals surface area contributed by atoms with Crippen LogP contribution in [0.25, 0.3) is 0 Å². The summed E-state index contributed by atoms with van der Waals surface area (Å²) in [7, 11) is 3.88. The fraction of sp³-hybridized carbons (Fsp3) is 0.500. The molecule has 2 aromatic carbocycles. The van der Waals surface area contributed by atoms with E-state index in [-0.39, 0.29) is 17.9 Å². The van der Waals surface area contributed by atoms with E-state index in [9.17, 15) is 4.79 Å². The molecule has 4 unspecified atom stereocenters. The lowest BCUT2D eigenvalue weighted by Crippen LogP contribution is -2.44. The molecule has 2 saturated heterocycles. The maximum Gasteiger partial charge on any atom is 0.226 e. The lowest BCUT2D eigenvalue weighted by atomic mass is 9.84. The molecule has 1 amide bonds. The first-order valence-corrected chi connectivity index (χ1v) is 11.5. The van der Waals surface area contributed by atoms with E-state index in [1.54, 1.807) is 7.11 Å². The molecule has 2 aliphatic rings. The molecule has 0 aromatic heterocycles. The quantitative estimate of drug-likeness (QED) is 0.751. The van der Waals surface area contributed by atoms with E-state index in [1.165, 1.54) is 5.56 Å².